The van der Waals surface area contributed by atoms with Crippen LogP contribution in [-0.4, -0.2) is 37.1 Å². The van der Waals surface area contributed by atoms with E-state index in [4.69, 9.17) is 14.3 Å². The van der Waals surface area contributed by atoms with Gasteiger partial charge in [0.05, 0.1) is 5.71 Å². The van der Waals surface area contributed by atoms with E-state index in [1.807, 2.05) is 36.4 Å². The predicted molar refractivity (Wildman–Crippen MR) is 110 cm³/mol. The molecule has 8 heteroatoms. The number of ether oxygens (including phenoxy) is 2. The molecule has 3 unspecified atom stereocenters. The van der Waals surface area contributed by atoms with Gasteiger partial charge in [-0.05, 0) is 29.7 Å². The second-order valence-corrected chi connectivity index (χ2v) is 7.75. The minimum absolute atomic E-state index is 0.135. The Morgan fingerprint density at radius 1 is 1.10 bits per heavy atom. The number of fused-ring (bicyclic) bond motifs is 1. The minimum atomic E-state index is -0.576. The lowest BCUT2D eigenvalue weighted by Gasteiger charge is -2.13. The van der Waals surface area contributed by atoms with Gasteiger partial charge in [-0.1, -0.05) is 41.6 Å². The SMILES string of the molecule is O=C(NCC1CC(c2ccccc2)NN1)C1CC(Cc2ccc3c(c2)OCO3)=NO1. The molecular weight excluding hydrogens is 384 g/mol. The topological polar surface area (TPSA) is 93.2 Å². The van der Waals surface area contributed by atoms with Crippen LogP contribution in [0.1, 0.15) is 30.0 Å². The lowest BCUT2D eigenvalue weighted by atomic mass is 10.0. The number of hydrogen-bond donors (Lipinski definition) is 3. The summed E-state index contributed by atoms with van der Waals surface area (Å²) in [5.74, 6) is 1.36. The molecule has 2 aromatic rings. The van der Waals surface area contributed by atoms with Crippen LogP contribution in [0.5, 0.6) is 11.5 Å². The van der Waals surface area contributed by atoms with Crippen LogP contribution < -0.4 is 25.6 Å². The summed E-state index contributed by atoms with van der Waals surface area (Å²) in [6.45, 7) is 0.787. The van der Waals surface area contributed by atoms with E-state index < -0.39 is 6.10 Å². The molecule has 3 aliphatic rings. The monoisotopic (exact) mass is 408 g/mol. The molecule has 3 aliphatic heterocycles. The Morgan fingerprint density at radius 3 is 2.87 bits per heavy atom. The normalized spacial score (nSPS) is 24.4. The number of benzene rings is 2. The zero-order valence-corrected chi connectivity index (χ0v) is 16.5. The molecule has 0 aliphatic carbocycles. The van der Waals surface area contributed by atoms with Crippen molar-refractivity contribution in [1.82, 2.24) is 16.2 Å². The van der Waals surface area contributed by atoms with Crippen molar-refractivity contribution >= 4 is 11.6 Å². The second-order valence-electron chi connectivity index (χ2n) is 7.75. The van der Waals surface area contributed by atoms with Crippen molar-refractivity contribution < 1.29 is 19.1 Å². The molecule has 0 saturated carbocycles. The summed E-state index contributed by atoms with van der Waals surface area (Å²) in [4.78, 5) is 17.9. The van der Waals surface area contributed by atoms with Crippen molar-refractivity contribution in [2.75, 3.05) is 13.3 Å². The third-order valence-electron chi connectivity index (χ3n) is 5.57. The number of hydrogen-bond acceptors (Lipinski definition) is 7. The predicted octanol–water partition coefficient (Wildman–Crippen LogP) is 1.83. The minimum Gasteiger partial charge on any atom is -0.454 e. The van der Waals surface area contributed by atoms with Gasteiger partial charge in [-0.2, -0.15) is 0 Å². The third kappa shape index (κ3) is 4.10. The molecule has 0 aromatic heterocycles. The summed E-state index contributed by atoms with van der Waals surface area (Å²) in [7, 11) is 0. The lowest BCUT2D eigenvalue weighted by molar-refractivity contribution is -0.131. The number of hydrazine groups is 1. The third-order valence-corrected chi connectivity index (χ3v) is 5.57. The summed E-state index contributed by atoms with van der Waals surface area (Å²) in [5, 5.41) is 7.09. The molecule has 3 N–H and O–H groups in total. The van der Waals surface area contributed by atoms with E-state index in [-0.39, 0.29) is 24.8 Å². The first kappa shape index (κ1) is 18.9. The molecule has 1 amide bonds. The Balaban J connectivity index is 1.07. The van der Waals surface area contributed by atoms with E-state index in [1.54, 1.807) is 0 Å². The Morgan fingerprint density at radius 2 is 1.97 bits per heavy atom. The molecule has 30 heavy (non-hydrogen) atoms. The van der Waals surface area contributed by atoms with Crippen LogP contribution in [0.4, 0.5) is 0 Å². The number of carbonyl (C=O) groups is 1. The Hall–Kier alpha value is -3.10. The highest BCUT2D eigenvalue weighted by molar-refractivity contribution is 5.94. The highest BCUT2D eigenvalue weighted by atomic mass is 16.7. The molecule has 3 heterocycles. The van der Waals surface area contributed by atoms with Gasteiger partial charge in [-0.3, -0.25) is 10.2 Å². The smallest absolute Gasteiger partial charge is 0.264 e. The van der Waals surface area contributed by atoms with Crippen LogP contribution >= 0.6 is 0 Å². The first-order valence-corrected chi connectivity index (χ1v) is 10.2. The molecule has 8 nitrogen and oxygen atoms in total. The van der Waals surface area contributed by atoms with Gasteiger partial charge < -0.3 is 19.6 Å². The van der Waals surface area contributed by atoms with E-state index in [1.165, 1.54) is 5.56 Å². The van der Waals surface area contributed by atoms with Gasteiger partial charge in [0.25, 0.3) is 5.91 Å². The number of oxime groups is 1. The number of nitrogens with zero attached hydrogens (tertiary/aromatic N) is 1. The summed E-state index contributed by atoms with van der Waals surface area (Å²) in [5.41, 5.74) is 9.68. The van der Waals surface area contributed by atoms with Crippen molar-refractivity contribution in [3.05, 3.63) is 59.7 Å². The second kappa shape index (κ2) is 8.33. The largest absolute Gasteiger partial charge is 0.454 e. The highest BCUT2D eigenvalue weighted by Crippen LogP contribution is 2.33. The molecule has 1 fully saturated rings. The van der Waals surface area contributed by atoms with Crippen molar-refractivity contribution in [3.63, 3.8) is 0 Å². The molecule has 0 radical (unpaired) electrons. The maximum absolute atomic E-state index is 12.5. The number of rotatable bonds is 6. The fourth-order valence-corrected chi connectivity index (χ4v) is 3.96. The molecule has 3 atom stereocenters. The van der Waals surface area contributed by atoms with Crippen LogP contribution in [0.15, 0.2) is 53.7 Å². The Labute approximate surface area is 174 Å². The van der Waals surface area contributed by atoms with Gasteiger partial charge in [-0.15, -0.1) is 0 Å². The molecule has 2 aromatic carbocycles. The van der Waals surface area contributed by atoms with Gasteiger partial charge >= 0.3 is 0 Å². The molecule has 1 saturated heterocycles. The average Bonchev–Trinajstić information content (AvgIpc) is 3.53. The molecule has 156 valence electrons. The zero-order chi connectivity index (χ0) is 20.3. The summed E-state index contributed by atoms with van der Waals surface area (Å²) >= 11 is 0. The standard InChI is InChI=1S/C22H24N4O4/c27-22(23-12-17-10-18(25-24-17)15-4-2-1-3-5-15)21-11-16(26-30-21)8-14-6-7-19-20(9-14)29-13-28-19/h1-7,9,17-18,21,24-25H,8,10-13H2,(H,23,27). The molecular formula is C22H24N4O4. The van der Waals surface area contributed by atoms with Crippen LogP contribution in [0.2, 0.25) is 0 Å². The fraction of sp³-hybridized carbons (Fsp3) is 0.364. The van der Waals surface area contributed by atoms with E-state index >= 15 is 0 Å². The van der Waals surface area contributed by atoms with Crippen LogP contribution in [0.3, 0.4) is 0 Å². The summed E-state index contributed by atoms with van der Waals surface area (Å²) < 4.78 is 10.7. The Kier molecular flexibility index (Phi) is 5.25. The average molecular weight is 408 g/mol. The van der Waals surface area contributed by atoms with Crippen molar-refractivity contribution in [1.29, 1.82) is 0 Å². The highest BCUT2D eigenvalue weighted by Gasteiger charge is 2.30. The number of carbonyl (C=O) groups excluding carboxylic acids is 1. The number of nitrogens with one attached hydrogen (secondary N) is 3. The van der Waals surface area contributed by atoms with Gasteiger partial charge in [0, 0.05) is 31.5 Å². The first-order valence-electron chi connectivity index (χ1n) is 10.2. The van der Waals surface area contributed by atoms with E-state index in [0.717, 1.165) is 29.2 Å². The molecule has 0 spiro atoms. The summed E-state index contributed by atoms with van der Waals surface area (Å²) in [6, 6.07) is 16.5. The van der Waals surface area contributed by atoms with Gasteiger partial charge in [-0.25, -0.2) is 5.43 Å². The quantitative estimate of drug-likeness (QED) is 0.675. The molecule has 0 bridgehead atoms. The van der Waals surface area contributed by atoms with Gasteiger partial charge in [0.1, 0.15) is 0 Å². The maximum atomic E-state index is 12.5. The number of amides is 1. The fourth-order valence-electron chi connectivity index (χ4n) is 3.96. The maximum Gasteiger partial charge on any atom is 0.264 e. The summed E-state index contributed by atoms with van der Waals surface area (Å²) in [6.07, 6.45) is 1.44. The van der Waals surface area contributed by atoms with Crippen molar-refractivity contribution in [3.8, 4) is 11.5 Å². The Bertz CT molecular complexity index is 949. The van der Waals surface area contributed by atoms with E-state index in [2.05, 4.69) is 33.5 Å². The van der Waals surface area contributed by atoms with Gasteiger partial charge in [0.15, 0.2) is 11.5 Å². The van der Waals surface area contributed by atoms with E-state index in [9.17, 15) is 4.79 Å². The van der Waals surface area contributed by atoms with Gasteiger partial charge in [0.2, 0.25) is 12.9 Å². The molecule has 5 rings (SSSR count). The van der Waals surface area contributed by atoms with Crippen LogP contribution in [0.25, 0.3) is 0 Å². The van der Waals surface area contributed by atoms with E-state index in [0.29, 0.717) is 19.4 Å². The first-order chi connectivity index (χ1) is 14.7. The van der Waals surface area contributed by atoms with Crippen molar-refractivity contribution in [2.24, 2.45) is 5.16 Å². The van der Waals surface area contributed by atoms with Crippen molar-refractivity contribution in [2.45, 2.75) is 37.5 Å². The zero-order valence-electron chi connectivity index (χ0n) is 16.5. The lowest BCUT2D eigenvalue weighted by Crippen LogP contribution is -2.43. The van der Waals surface area contributed by atoms with Crippen LogP contribution in [0, 0.1) is 0 Å². The van der Waals surface area contributed by atoms with Crippen LogP contribution in [-0.2, 0) is 16.1 Å².